The van der Waals surface area contributed by atoms with Crippen molar-refractivity contribution in [3.8, 4) is 0 Å². The molecule has 0 saturated carbocycles. The lowest BCUT2D eigenvalue weighted by Gasteiger charge is -2.24. The summed E-state index contributed by atoms with van der Waals surface area (Å²) in [6.07, 6.45) is 3.38. The van der Waals surface area contributed by atoms with Crippen LogP contribution < -0.4 is 5.73 Å². The minimum absolute atomic E-state index is 0.0245. The molecule has 0 aliphatic carbocycles. The minimum atomic E-state index is -0.0245. The van der Waals surface area contributed by atoms with Gasteiger partial charge in [0.2, 0.25) is 11.8 Å². The number of nitrogen functional groups attached to an aromatic ring is 1. The zero-order valence-electron chi connectivity index (χ0n) is 10.4. The lowest BCUT2D eigenvalue weighted by molar-refractivity contribution is -0.147. The first-order valence-electron chi connectivity index (χ1n) is 6.34. The first-order valence-corrected chi connectivity index (χ1v) is 6.34. The van der Waals surface area contributed by atoms with Gasteiger partial charge in [0.25, 0.3) is 0 Å². The zero-order valence-corrected chi connectivity index (χ0v) is 10.4. The van der Waals surface area contributed by atoms with Crippen molar-refractivity contribution in [3.05, 3.63) is 29.8 Å². The highest BCUT2D eigenvalue weighted by Crippen LogP contribution is 2.14. The van der Waals surface area contributed by atoms with Crippen molar-refractivity contribution in [2.24, 2.45) is 0 Å². The molecule has 4 nitrogen and oxygen atoms in total. The van der Waals surface area contributed by atoms with Gasteiger partial charge in [-0.25, -0.2) is 0 Å². The SMILES string of the molecule is Nc1ccc(CCCN2C(=O)CCCC2=O)cc1. The third kappa shape index (κ3) is 3.09. The second-order valence-electron chi connectivity index (χ2n) is 4.64. The molecule has 2 rings (SSSR count). The fourth-order valence-electron chi connectivity index (χ4n) is 2.17. The van der Waals surface area contributed by atoms with Gasteiger partial charge in [-0.3, -0.25) is 14.5 Å². The van der Waals surface area contributed by atoms with Crippen LogP contribution in [0.5, 0.6) is 0 Å². The maximum Gasteiger partial charge on any atom is 0.229 e. The first kappa shape index (κ1) is 12.6. The van der Waals surface area contributed by atoms with Gasteiger partial charge in [0.05, 0.1) is 0 Å². The van der Waals surface area contributed by atoms with Crippen LogP contribution in [0.25, 0.3) is 0 Å². The maximum atomic E-state index is 11.6. The predicted octanol–water partition coefficient (Wildman–Crippen LogP) is 1.74. The Bertz CT molecular complexity index is 424. The summed E-state index contributed by atoms with van der Waals surface area (Å²) in [5.74, 6) is -0.0490. The molecule has 18 heavy (non-hydrogen) atoms. The Balaban J connectivity index is 1.82. The number of amides is 2. The van der Waals surface area contributed by atoms with Crippen molar-refractivity contribution < 1.29 is 9.59 Å². The number of nitrogens with zero attached hydrogens (tertiary/aromatic N) is 1. The van der Waals surface area contributed by atoms with E-state index < -0.39 is 0 Å². The lowest BCUT2D eigenvalue weighted by Crippen LogP contribution is -2.40. The number of aryl methyl sites for hydroxylation is 1. The summed E-state index contributed by atoms with van der Waals surface area (Å²) >= 11 is 0. The van der Waals surface area contributed by atoms with Crippen molar-refractivity contribution in [3.63, 3.8) is 0 Å². The molecule has 0 aromatic heterocycles. The second-order valence-corrected chi connectivity index (χ2v) is 4.64. The molecule has 0 bridgehead atoms. The summed E-state index contributed by atoms with van der Waals surface area (Å²) in [6.45, 7) is 0.530. The molecule has 96 valence electrons. The number of hydrogen-bond donors (Lipinski definition) is 1. The van der Waals surface area contributed by atoms with Crippen molar-refractivity contribution in [2.75, 3.05) is 12.3 Å². The Hall–Kier alpha value is -1.84. The number of hydrogen-bond acceptors (Lipinski definition) is 3. The van der Waals surface area contributed by atoms with Crippen LogP contribution in [0.15, 0.2) is 24.3 Å². The van der Waals surface area contributed by atoms with Crippen LogP contribution in [-0.4, -0.2) is 23.3 Å². The highest BCUT2D eigenvalue weighted by molar-refractivity contribution is 5.97. The summed E-state index contributed by atoms with van der Waals surface area (Å²) in [4.78, 5) is 24.6. The van der Waals surface area contributed by atoms with E-state index >= 15 is 0 Å². The Labute approximate surface area is 107 Å². The van der Waals surface area contributed by atoms with Crippen molar-refractivity contribution in [1.82, 2.24) is 4.90 Å². The number of carbonyl (C=O) groups is 2. The number of likely N-dealkylation sites (tertiary alicyclic amines) is 1. The van der Waals surface area contributed by atoms with Gasteiger partial charge in [0.15, 0.2) is 0 Å². The molecule has 2 N–H and O–H groups in total. The monoisotopic (exact) mass is 246 g/mol. The quantitative estimate of drug-likeness (QED) is 0.650. The fourth-order valence-corrected chi connectivity index (χ4v) is 2.17. The minimum Gasteiger partial charge on any atom is -0.399 e. The molecule has 0 unspecified atom stereocenters. The van der Waals surface area contributed by atoms with Crippen LogP contribution in [0.4, 0.5) is 5.69 Å². The Morgan fingerprint density at radius 3 is 2.28 bits per heavy atom. The summed E-state index contributed by atoms with van der Waals surface area (Å²) < 4.78 is 0. The van der Waals surface area contributed by atoms with Gasteiger partial charge < -0.3 is 5.73 Å². The molecule has 1 fully saturated rings. The summed E-state index contributed by atoms with van der Waals surface area (Å²) in [5, 5.41) is 0. The summed E-state index contributed by atoms with van der Waals surface area (Å²) in [7, 11) is 0. The molecule has 2 amide bonds. The number of imide groups is 1. The number of nitrogens with two attached hydrogens (primary N) is 1. The lowest BCUT2D eigenvalue weighted by atomic mass is 10.1. The van der Waals surface area contributed by atoms with Crippen LogP contribution in [-0.2, 0) is 16.0 Å². The van der Waals surface area contributed by atoms with Gasteiger partial charge in [-0.2, -0.15) is 0 Å². The second kappa shape index (κ2) is 5.67. The molecule has 4 heteroatoms. The third-order valence-electron chi connectivity index (χ3n) is 3.21. The molecule has 1 aromatic carbocycles. The molecule has 1 aromatic rings. The largest absolute Gasteiger partial charge is 0.399 e. The molecule has 0 radical (unpaired) electrons. The first-order chi connectivity index (χ1) is 8.66. The van der Waals surface area contributed by atoms with Crippen LogP contribution in [0.1, 0.15) is 31.2 Å². The Morgan fingerprint density at radius 2 is 1.67 bits per heavy atom. The van der Waals surface area contributed by atoms with Gasteiger partial charge in [-0.05, 0) is 37.0 Å². The molecular weight excluding hydrogens is 228 g/mol. The Morgan fingerprint density at radius 1 is 1.06 bits per heavy atom. The average Bonchev–Trinajstić information content (AvgIpc) is 2.35. The van der Waals surface area contributed by atoms with E-state index in [2.05, 4.69) is 0 Å². The summed E-state index contributed by atoms with van der Waals surface area (Å²) in [5.41, 5.74) is 7.54. The van der Waals surface area contributed by atoms with E-state index in [1.165, 1.54) is 10.5 Å². The molecule has 0 atom stereocenters. The van der Waals surface area contributed by atoms with E-state index in [0.29, 0.717) is 25.8 Å². The highest BCUT2D eigenvalue weighted by Gasteiger charge is 2.24. The standard InChI is InChI=1S/C14H18N2O2/c15-12-8-6-11(7-9-12)3-2-10-16-13(17)4-1-5-14(16)18/h6-9H,1-5,10,15H2. The zero-order chi connectivity index (χ0) is 13.0. The van der Waals surface area contributed by atoms with E-state index in [-0.39, 0.29) is 11.8 Å². The average molecular weight is 246 g/mol. The molecule has 1 saturated heterocycles. The topological polar surface area (TPSA) is 63.4 Å². The van der Waals surface area contributed by atoms with Gasteiger partial charge in [0.1, 0.15) is 0 Å². The number of rotatable bonds is 4. The summed E-state index contributed by atoms with van der Waals surface area (Å²) in [6, 6.07) is 7.70. The number of benzene rings is 1. The van der Waals surface area contributed by atoms with Gasteiger partial charge in [0, 0.05) is 25.1 Å². The number of carbonyl (C=O) groups excluding carboxylic acids is 2. The van der Waals surface area contributed by atoms with Crippen LogP contribution in [0.3, 0.4) is 0 Å². The van der Waals surface area contributed by atoms with Crippen LogP contribution in [0, 0.1) is 0 Å². The molecule has 1 aliphatic rings. The molecular formula is C14H18N2O2. The van der Waals surface area contributed by atoms with Gasteiger partial charge in [-0.1, -0.05) is 12.1 Å². The Kier molecular flexibility index (Phi) is 3.97. The van der Waals surface area contributed by atoms with Crippen molar-refractivity contribution in [2.45, 2.75) is 32.1 Å². The van der Waals surface area contributed by atoms with Crippen molar-refractivity contribution >= 4 is 17.5 Å². The predicted molar refractivity (Wildman–Crippen MR) is 69.7 cm³/mol. The smallest absolute Gasteiger partial charge is 0.229 e. The van der Waals surface area contributed by atoms with Crippen LogP contribution >= 0.6 is 0 Å². The van der Waals surface area contributed by atoms with Crippen LogP contribution in [0.2, 0.25) is 0 Å². The number of anilines is 1. The van der Waals surface area contributed by atoms with E-state index in [9.17, 15) is 9.59 Å². The van der Waals surface area contributed by atoms with E-state index in [1.807, 2.05) is 24.3 Å². The van der Waals surface area contributed by atoms with E-state index in [1.54, 1.807) is 0 Å². The van der Waals surface area contributed by atoms with Gasteiger partial charge >= 0.3 is 0 Å². The van der Waals surface area contributed by atoms with Crippen molar-refractivity contribution in [1.29, 1.82) is 0 Å². The number of piperidine rings is 1. The van der Waals surface area contributed by atoms with E-state index in [4.69, 9.17) is 5.73 Å². The molecule has 0 spiro atoms. The molecule has 1 heterocycles. The van der Waals surface area contributed by atoms with Gasteiger partial charge in [-0.15, -0.1) is 0 Å². The van der Waals surface area contributed by atoms with E-state index in [0.717, 1.165) is 18.5 Å². The molecule has 1 aliphatic heterocycles. The normalized spacial score (nSPS) is 16.1. The highest BCUT2D eigenvalue weighted by atomic mass is 16.2. The fraction of sp³-hybridized carbons (Fsp3) is 0.429. The third-order valence-corrected chi connectivity index (χ3v) is 3.21. The maximum absolute atomic E-state index is 11.6.